The first kappa shape index (κ1) is 17.6. The fourth-order valence-electron chi connectivity index (χ4n) is 2.18. The van der Waals surface area contributed by atoms with Gasteiger partial charge in [0, 0.05) is 19.5 Å². The van der Waals surface area contributed by atoms with Crippen LogP contribution in [0.25, 0.3) is 0 Å². The van der Waals surface area contributed by atoms with Crippen molar-refractivity contribution in [2.75, 3.05) is 27.9 Å². The van der Waals surface area contributed by atoms with Crippen molar-refractivity contribution >= 4 is 5.91 Å². The fraction of sp³-hybridized carbons (Fsp3) is 0.278. The van der Waals surface area contributed by atoms with Crippen molar-refractivity contribution in [2.24, 2.45) is 0 Å². The summed E-state index contributed by atoms with van der Waals surface area (Å²) in [7, 11) is 4.53. The molecule has 2 aromatic carbocycles. The number of ether oxygens (including phenoxy) is 3. The molecule has 2 rings (SSSR count). The summed E-state index contributed by atoms with van der Waals surface area (Å²) in [6, 6.07) is 10.1. The minimum Gasteiger partial charge on any atom is -0.493 e. The maximum Gasteiger partial charge on any atom is 0.257 e. The van der Waals surface area contributed by atoms with Crippen LogP contribution in [0.2, 0.25) is 0 Å². The number of nitrogens with one attached hydrogen (secondary N) is 1. The zero-order chi connectivity index (χ0) is 17.5. The molecule has 0 aliphatic carbocycles. The number of carbonyl (C=O) groups is 1. The standard InChI is InChI=1S/C18H20FNO4/c1-20-18(21)11-24-14-6-4-12(5-7-14)8-13-9-16(22-2)17(23-3)10-15(13)19/h4-7,9-10H,8,11H2,1-3H3,(H,20,21). The molecule has 5 nitrogen and oxygen atoms in total. The van der Waals surface area contributed by atoms with Gasteiger partial charge in [-0.3, -0.25) is 4.79 Å². The molecule has 0 aliphatic heterocycles. The summed E-state index contributed by atoms with van der Waals surface area (Å²) in [6.07, 6.45) is 0.405. The molecule has 24 heavy (non-hydrogen) atoms. The predicted molar refractivity (Wildman–Crippen MR) is 88.3 cm³/mol. The number of rotatable bonds is 7. The fourth-order valence-corrected chi connectivity index (χ4v) is 2.18. The van der Waals surface area contributed by atoms with E-state index < -0.39 is 0 Å². The van der Waals surface area contributed by atoms with E-state index in [9.17, 15) is 9.18 Å². The first-order valence-corrected chi connectivity index (χ1v) is 7.40. The Morgan fingerprint density at radius 3 is 2.29 bits per heavy atom. The van der Waals surface area contributed by atoms with Crippen molar-refractivity contribution in [3.8, 4) is 17.2 Å². The van der Waals surface area contributed by atoms with Crippen LogP contribution in [0.3, 0.4) is 0 Å². The lowest BCUT2D eigenvalue weighted by Crippen LogP contribution is -2.24. The Morgan fingerprint density at radius 1 is 1.08 bits per heavy atom. The van der Waals surface area contributed by atoms with Crippen LogP contribution in [-0.4, -0.2) is 33.8 Å². The number of carbonyl (C=O) groups excluding carboxylic acids is 1. The van der Waals surface area contributed by atoms with Crippen LogP contribution in [0, 0.1) is 5.82 Å². The molecule has 0 radical (unpaired) electrons. The average Bonchev–Trinajstić information content (AvgIpc) is 2.62. The molecule has 0 saturated carbocycles. The molecule has 0 atom stereocenters. The van der Waals surface area contributed by atoms with E-state index in [-0.39, 0.29) is 18.3 Å². The van der Waals surface area contributed by atoms with E-state index in [0.29, 0.717) is 29.2 Å². The van der Waals surface area contributed by atoms with Gasteiger partial charge in [0.25, 0.3) is 5.91 Å². The van der Waals surface area contributed by atoms with E-state index in [1.54, 1.807) is 25.2 Å². The minimum atomic E-state index is -0.354. The first-order valence-electron chi connectivity index (χ1n) is 7.40. The number of hydrogen-bond donors (Lipinski definition) is 1. The topological polar surface area (TPSA) is 56.8 Å². The van der Waals surface area contributed by atoms with Crippen LogP contribution in [0.4, 0.5) is 4.39 Å². The highest BCUT2D eigenvalue weighted by molar-refractivity contribution is 5.77. The third-order valence-corrected chi connectivity index (χ3v) is 3.52. The first-order chi connectivity index (χ1) is 11.6. The summed E-state index contributed by atoms with van der Waals surface area (Å²) < 4.78 is 29.8. The Hall–Kier alpha value is -2.76. The van der Waals surface area contributed by atoms with Gasteiger partial charge in [0.1, 0.15) is 11.6 Å². The molecule has 0 aromatic heterocycles. The van der Waals surface area contributed by atoms with Gasteiger partial charge in [-0.2, -0.15) is 0 Å². The summed E-state index contributed by atoms with van der Waals surface area (Å²) >= 11 is 0. The lowest BCUT2D eigenvalue weighted by Gasteiger charge is -2.11. The SMILES string of the molecule is CNC(=O)COc1ccc(Cc2cc(OC)c(OC)cc2F)cc1. The average molecular weight is 333 g/mol. The number of halogens is 1. The van der Waals surface area contributed by atoms with Crippen LogP contribution in [0.1, 0.15) is 11.1 Å². The van der Waals surface area contributed by atoms with E-state index >= 15 is 0 Å². The normalized spacial score (nSPS) is 10.2. The number of hydrogen-bond acceptors (Lipinski definition) is 4. The largest absolute Gasteiger partial charge is 0.493 e. The van der Waals surface area contributed by atoms with Gasteiger partial charge in [0.2, 0.25) is 0 Å². The highest BCUT2D eigenvalue weighted by Crippen LogP contribution is 2.31. The van der Waals surface area contributed by atoms with Gasteiger partial charge in [-0.05, 0) is 29.3 Å². The zero-order valence-electron chi connectivity index (χ0n) is 13.9. The molecule has 1 N–H and O–H groups in total. The molecule has 0 saturated heterocycles. The van der Waals surface area contributed by atoms with E-state index in [0.717, 1.165) is 5.56 Å². The van der Waals surface area contributed by atoms with Crippen molar-refractivity contribution in [3.63, 3.8) is 0 Å². The molecule has 0 unspecified atom stereocenters. The second-order valence-corrected chi connectivity index (χ2v) is 5.08. The van der Waals surface area contributed by atoms with Crippen LogP contribution >= 0.6 is 0 Å². The predicted octanol–water partition coefficient (Wildman–Crippen LogP) is 2.56. The third-order valence-electron chi connectivity index (χ3n) is 3.52. The lowest BCUT2D eigenvalue weighted by molar-refractivity contribution is -0.122. The number of likely N-dealkylation sites (N-methyl/N-ethyl adjacent to an activating group) is 1. The summed E-state index contributed by atoms with van der Waals surface area (Å²) in [4.78, 5) is 11.1. The molecule has 0 fully saturated rings. The van der Waals surface area contributed by atoms with Crippen molar-refractivity contribution < 1.29 is 23.4 Å². The molecule has 1 amide bonds. The number of benzene rings is 2. The number of amides is 1. The van der Waals surface area contributed by atoms with E-state index in [4.69, 9.17) is 14.2 Å². The van der Waals surface area contributed by atoms with Crippen molar-refractivity contribution in [1.82, 2.24) is 5.32 Å². The Kier molecular flexibility index (Phi) is 6.01. The minimum absolute atomic E-state index is 0.0415. The molecule has 0 bridgehead atoms. The van der Waals surface area contributed by atoms with Gasteiger partial charge in [0.05, 0.1) is 14.2 Å². The Labute approximate surface area is 140 Å². The maximum absolute atomic E-state index is 14.2. The van der Waals surface area contributed by atoms with Crippen LogP contribution in [-0.2, 0) is 11.2 Å². The molecule has 0 aliphatic rings. The van der Waals surface area contributed by atoms with Crippen molar-refractivity contribution in [1.29, 1.82) is 0 Å². The Morgan fingerprint density at radius 2 is 1.71 bits per heavy atom. The molecule has 2 aromatic rings. The smallest absolute Gasteiger partial charge is 0.257 e. The second-order valence-electron chi connectivity index (χ2n) is 5.08. The van der Waals surface area contributed by atoms with Crippen LogP contribution < -0.4 is 19.5 Å². The van der Waals surface area contributed by atoms with E-state index in [1.165, 1.54) is 20.3 Å². The summed E-state index contributed by atoms with van der Waals surface area (Å²) in [5.41, 5.74) is 1.42. The molecular formula is C18H20FNO4. The molecule has 128 valence electrons. The van der Waals surface area contributed by atoms with Gasteiger partial charge in [-0.15, -0.1) is 0 Å². The highest BCUT2D eigenvalue weighted by atomic mass is 19.1. The lowest BCUT2D eigenvalue weighted by atomic mass is 10.0. The molecule has 0 heterocycles. The van der Waals surface area contributed by atoms with Crippen LogP contribution in [0.5, 0.6) is 17.2 Å². The third kappa shape index (κ3) is 4.38. The van der Waals surface area contributed by atoms with Gasteiger partial charge in [-0.1, -0.05) is 12.1 Å². The highest BCUT2D eigenvalue weighted by Gasteiger charge is 2.11. The second kappa shape index (κ2) is 8.19. The monoisotopic (exact) mass is 333 g/mol. The van der Waals surface area contributed by atoms with Crippen LogP contribution in [0.15, 0.2) is 36.4 Å². The molecular weight excluding hydrogens is 313 g/mol. The Balaban J connectivity index is 2.09. The van der Waals surface area contributed by atoms with Crippen molar-refractivity contribution in [2.45, 2.75) is 6.42 Å². The quantitative estimate of drug-likeness (QED) is 0.846. The molecule has 6 heteroatoms. The molecule has 0 spiro atoms. The van der Waals surface area contributed by atoms with Gasteiger partial charge >= 0.3 is 0 Å². The van der Waals surface area contributed by atoms with Gasteiger partial charge in [0.15, 0.2) is 18.1 Å². The van der Waals surface area contributed by atoms with E-state index in [1.807, 2.05) is 12.1 Å². The maximum atomic E-state index is 14.2. The number of methoxy groups -OCH3 is 2. The Bertz CT molecular complexity index is 701. The summed E-state index contributed by atoms with van der Waals surface area (Å²) in [5.74, 6) is 0.866. The van der Waals surface area contributed by atoms with E-state index in [2.05, 4.69) is 5.32 Å². The van der Waals surface area contributed by atoms with Crippen molar-refractivity contribution in [3.05, 3.63) is 53.3 Å². The van der Waals surface area contributed by atoms with Gasteiger partial charge < -0.3 is 19.5 Å². The zero-order valence-corrected chi connectivity index (χ0v) is 13.9. The summed E-state index contributed by atoms with van der Waals surface area (Å²) in [5, 5.41) is 2.48. The summed E-state index contributed by atoms with van der Waals surface area (Å²) in [6.45, 7) is -0.0415. The van der Waals surface area contributed by atoms with Gasteiger partial charge in [-0.25, -0.2) is 4.39 Å².